The summed E-state index contributed by atoms with van der Waals surface area (Å²) in [5, 5.41) is 3.46. The second-order valence-corrected chi connectivity index (χ2v) is 6.52. The van der Waals surface area contributed by atoms with Crippen molar-refractivity contribution in [2.45, 2.75) is 0 Å². The van der Waals surface area contributed by atoms with Crippen LogP contribution in [-0.4, -0.2) is 15.0 Å². The summed E-state index contributed by atoms with van der Waals surface area (Å²) < 4.78 is 2.34. The molecule has 0 atom stereocenters. The molecule has 0 spiro atoms. The van der Waals surface area contributed by atoms with Gasteiger partial charge < -0.3 is 0 Å². The lowest BCUT2D eigenvalue weighted by molar-refractivity contribution is 1.28. The SMILES string of the molecule is c1ccc2cc(-c3cc4c(cn3)sc3cccnc34)ncc2c1. The summed E-state index contributed by atoms with van der Waals surface area (Å²) in [6.07, 6.45) is 5.66. The lowest BCUT2D eigenvalue weighted by Crippen LogP contribution is -1.87. The highest BCUT2D eigenvalue weighted by molar-refractivity contribution is 7.25. The molecule has 108 valence electrons. The number of nitrogens with zero attached hydrogens (tertiary/aromatic N) is 3. The fourth-order valence-corrected chi connectivity index (χ4v) is 3.88. The Morgan fingerprint density at radius 3 is 2.48 bits per heavy atom. The minimum Gasteiger partial charge on any atom is -0.255 e. The monoisotopic (exact) mass is 313 g/mol. The van der Waals surface area contributed by atoms with Gasteiger partial charge in [-0.2, -0.15) is 0 Å². The first kappa shape index (κ1) is 12.7. The van der Waals surface area contributed by atoms with Crippen LogP contribution in [0.15, 0.2) is 67.1 Å². The molecule has 23 heavy (non-hydrogen) atoms. The Morgan fingerprint density at radius 1 is 0.696 bits per heavy atom. The number of aromatic nitrogens is 3. The van der Waals surface area contributed by atoms with E-state index in [2.05, 4.69) is 45.3 Å². The summed E-state index contributed by atoms with van der Waals surface area (Å²) in [5.74, 6) is 0. The van der Waals surface area contributed by atoms with Crippen molar-refractivity contribution in [3.05, 3.63) is 67.1 Å². The number of rotatable bonds is 1. The molecule has 0 unspecified atom stereocenters. The normalized spacial score (nSPS) is 11.5. The number of fused-ring (bicyclic) bond motifs is 4. The predicted molar refractivity (Wildman–Crippen MR) is 95.7 cm³/mol. The molecule has 3 nitrogen and oxygen atoms in total. The predicted octanol–water partition coefficient (Wildman–Crippen LogP) is 5.06. The van der Waals surface area contributed by atoms with Crippen molar-refractivity contribution in [1.82, 2.24) is 15.0 Å². The van der Waals surface area contributed by atoms with E-state index in [0.717, 1.165) is 32.4 Å². The lowest BCUT2D eigenvalue weighted by atomic mass is 10.1. The molecular formula is C19H11N3S. The molecule has 0 amide bonds. The van der Waals surface area contributed by atoms with Crippen molar-refractivity contribution in [2.75, 3.05) is 0 Å². The van der Waals surface area contributed by atoms with Crippen LogP contribution in [0.25, 0.3) is 42.5 Å². The molecule has 0 fully saturated rings. The Hall–Kier alpha value is -2.85. The molecule has 5 aromatic rings. The zero-order chi connectivity index (χ0) is 15.2. The second-order valence-electron chi connectivity index (χ2n) is 5.43. The molecule has 0 aliphatic carbocycles. The molecule has 0 aliphatic heterocycles. The van der Waals surface area contributed by atoms with E-state index in [-0.39, 0.29) is 0 Å². The highest BCUT2D eigenvalue weighted by Gasteiger charge is 2.09. The summed E-state index contributed by atoms with van der Waals surface area (Å²) in [6, 6.07) is 16.5. The van der Waals surface area contributed by atoms with Gasteiger partial charge in [0.1, 0.15) is 0 Å². The van der Waals surface area contributed by atoms with Gasteiger partial charge in [0, 0.05) is 29.4 Å². The standard InChI is InChI=1S/C19H11N3S/c1-2-5-13-10-21-15(8-12(13)4-1)16-9-14-18(11-22-16)23-17-6-3-7-20-19(14)17/h1-11H. The van der Waals surface area contributed by atoms with Gasteiger partial charge >= 0.3 is 0 Å². The summed E-state index contributed by atoms with van der Waals surface area (Å²) in [5.41, 5.74) is 2.81. The molecule has 0 N–H and O–H groups in total. The third kappa shape index (κ3) is 1.99. The quantitative estimate of drug-likeness (QED) is 0.434. The van der Waals surface area contributed by atoms with E-state index < -0.39 is 0 Å². The summed E-state index contributed by atoms with van der Waals surface area (Å²) in [4.78, 5) is 13.7. The smallest absolute Gasteiger partial charge is 0.0894 e. The van der Waals surface area contributed by atoms with Gasteiger partial charge in [0.2, 0.25) is 0 Å². The molecule has 0 radical (unpaired) electrons. The van der Waals surface area contributed by atoms with Crippen LogP contribution in [0.2, 0.25) is 0 Å². The van der Waals surface area contributed by atoms with Gasteiger partial charge in [-0.3, -0.25) is 15.0 Å². The molecule has 4 heterocycles. The van der Waals surface area contributed by atoms with Crippen LogP contribution in [0.1, 0.15) is 0 Å². The number of hydrogen-bond acceptors (Lipinski definition) is 4. The van der Waals surface area contributed by atoms with Crippen molar-refractivity contribution in [2.24, 2.45) is 0 Å². The Bertz CT molecular complexity index is 1180. The third-order valence-electron chi connectivity index (χ3n) is 4.01. The van der Waals surface area contributed by atoms with Gasteiger partial charge in [-0.05, 0) is 29.7 Å². The number of hydrogen-bond donors (Lipinski definition) is 0. The van der Waals surface area contributed by atoms with Gasteiger partial charge in [-0.25, -0.2) is 0 Å². The van der Waals surface area contributed by atoms with Gasteiger partial charge in [0.05, 0.1) is 26.3 Å². The highest BCUT2D eigenvalue weighted by atomic mass is 32.1. The highest BCUT2D eigenvalue weighted by Crippen LogP contribution is 2.33. The van der Waals surface area contributed by atoms with Crippen molar-refractivity contribution in [3.63, 3.8) is 0 Å². The maximum atomic E-state index is 4.60. The second kappa shape index (κ2) is 4.83. The van der Waals surface area contributed by atoms with E-state index in [9.17, 15) is 0 Å². The molecule has 0 saturated carbocycles. The number of benzene rings is 1. The van der Waals surface area contributed by atoms with E-state index in [0.29, 0.717) is 0 Å². The zero-order valence-electron chi connectivity index (χ0n) is 12.1. The molecule has 0 saturated heterocycles. The first-order valence-corrected chi connectivity index (χ1v) is 8.18. The third-order valence-corrected chi connectivity index (χ3v) is 5.10. The first-order chi connectivity index (χ1) is 11.4. The van der Waals surface area contributed by atoms with Crippen LogP contribution in [0.4, 0.5) is 0 Å². The Morgan fingerprint density at radius 2 is 1.52 bits per heavy atom. The minimum absolute atomic E-state index is 0.883. The minimum atomic E-state index is 0.883. The number of pyridine rings is 3. The molecule has 1 aromatic carbocycles. The van der Waals surface area contributed by atoms with E-state index in [1.54, 1.807) is 11.3 Å². The molecule has 4 heteroatoms. The van der Waals surface area contributed by atoms with Crippen LogP contribution in [0.5, 0.6) is 0 Å². The summed E-state index contributed by atoms with van der Waals surface area (Å²) in [6.45, 7) is 0. The van der Waals surface area contributed by atoms with E-state index in [1.807, 2.05) is 36.8 Å². The Kier molecular flexibility index (Phi) is 2.66. The van der Waals surface area contributed by atoms with Crippen LogP contribution in [-0.2, 0) is 0 Å². The van der Waals surface area contributed by atoms with Gasteiger partial charge in [-0.15, -0.1) is 11.3 Å². The molecule has 4 aromatic heterocycles. The first-order valence-electron chi connectivity index (χ1n) is 7.37. The topological polar surface area (TPSA) is 38.7 Å². The lowest BCUT2D eigenvalue weighted by Gasteiger charge is -2.03. The van der Waals surface area contributed by atoms with Crippen LogP contribution in [0, 0.1) is 0 Å². The van der Waals surface area contributed by atoms with Crippen molar-refractivity contribution < 1.29 is 0 Å². The maximum absolute atomic E-state index is 4.60. The van der Waals surface area contributed by atoms with Crippen molar-refractivity contribution >= 4 is 42.4 Å². The van der Waals surface area contributed by atoms with E-state index in [1.165, 1.54) is 10.1 Å². The molecule has 5 rings (SSSR count). The summed E-state index contributed by atoms with van der Waals surface area (Å²) >= 11 is 1.72. The van der Waals surface area contributed by atoms with Crippen LogP contribution >= 0.6 is 11.3 Å². The largest absolute Gasteiger partial charge is 0.255 e. The maximum Gasteiger partial charge on any atom is 0.0894 e. The van der Waals surface area contributed by atoms with Crippen molar-refractivity contribution in [1.29, 1.82) is 0 Å². The van der Waals surface area contributed by atoms with Gasteiger partial charge in [-0.1, -0.05) is 24.3 Å². The van der Waals surface area contributed by atoms with Crippen molar-refractivity contribution in [3.8, 4) is 11.4 Å². The average Bonchev–Trinajstić information content (AvgIpc) is 2.99. The summed E-state index contributed by atoms with van der Waals surface area (Å²) in [7, 11) is 0. The average molecular weight is 313 g/mol. The van der Waals surface area contributed by atoms with E-state index >= 15 is 0 Å². The Labute approximate surface area is 136 Å². The van der Waals surface area contributed by atoms with Gasteiger partial charge in [0.25, 0.3) is 0 Å². The number of thiophene rings is 1. The van der Waals surface area contributed by atoms with Crippen LogP contribution in [0.3, 0.4) is 0 Å². The van der Waals surface area contributed by atoms with Gasteiger partial charge in [0.15, 0.2) is 0 Å². The molecular weight excluding hydrogens is 302 g/mol. The fraction of sp³-hybridized carbons (Fsp3) is 0. The molecule has 0 aliphatic rings. The van der Waals surface area contributed by atoms with E-state index in [4.69, 9.17) is 0 Å². The van der Waals surface area contributed by atoms with Crippen LogP contribution < -0.4 is 0 Å². The Balaban J connectivity index is 1.76. The molecule has 0 bridgehead atoms. The zero-order valence-corrected chi connectivity index (χ0v) is 12.9. The fourth-order valence-electron chi connectivity index (χ4n) is 2.87.